The molecule has 0 aliphatic heterocycles. The molecular formula is C60H88N2O8S. The van der Waals surface area contributed by atoms with Crippen molar-refractivity contribution in [3.05, 3.63) is 48.5 Å². The first-order chi connectivity index (χ1) is 33.7. The van der Waals surface area contributed by atoms with Crippen LogP contribution >= 0.6 is 0 Å². The first-order valence-corrected chi connectivity index (χ1v) is 29.9. The maximum absolute atomic E-state index is 13.7. The quantitative estimate of drug-likeness (QED) is 0.122. The molecule has 2 amide bonds. The third-order valence-corrected chi connectivity index (χ3v) is 25.3. The van der Waals surface area contributed by atoms with Crippen LogP contribution in [0.3, 0.4) is 0 Å². The van der Waals surface area contributed by atoms with Gasteiger partial charge in [0.2, 0.25) is 21.7 Å². The molecule has 10 rings (SSSR count). The molecule has 8 aliphatic rings. The molecule has 0 spiro atoms. The average Bonchev–Trinajstić information content (AvgIpc) is 3.90. The Morgan fingerprint density at radius 2 is 0.915 bits per heavy atom. The van der Waals surface area contributed by atoms with Crippen molar-refractivity contribution in [3.8, 4) is 0 Å². The summed E-state index contributed by atoms with van der Waals surface area (Å²) in [5.41, 5.74) is 1.17. The lowest BCUT2D eigenvalue weighted by Gasteiger charge is -2.62. The first-order valence-electron chi connectivity index (χ1n) is 28.4. The minimum atomic E-state index is -3.86. The Hall–Kier alpha value is -2.83. The highest BCUT2D eigenvalue weighted by Crippen LogP contribution is 2.70. The van der Waals surface area contributed by atoms with Crippen LogP contribution in [0, 0.1) is 92.7 Å². The van der Waals surface area contributed by atoms with Crippen molar-refractivity contribution < 1.29 is 38.4 Å². The number of carbonyl (C=O) groups is 2. The summed E-state index contributed by atoms with van der Waals surface area (Å²) in [5, 5.41) is 50.8. The van der Waals surface area contributed by atoms with E-state index in [0.717, 1.165) is 89.9 Å². The molecule has 0 saturated heterocycles. The van der Waals surface area contributed by atoms with Gasteiger partial charge in [0.25, 0.3) is 0 Å². The molecule has 8 aliphatic carbocycles. The third-order valence-electron chi connectivity index (χ3n) is 23.6. The summed E-state index contributed by atoms with van der Waals surface area (Å²) in [6.45, 7) is 14.1. The standard InChI is InChI=1S/C60H88N2O8S/c1-35(47-21-23-49-45-19-9-37-31-41(63)27-29-57(37,3)51(45)33-53(65)59(47,49)5)7-25-55(67)61-39-11-15-43(16-12-39)71(69,70)44-17-13-40(14-18-44)62-56(68)26-8-36(2)48-22-24-50-46-20-10-38-32-42(64)28-30-58(38,4)52(46)34-54(66)60(48,50)6/h11-18,35-38,41-42,45-54,63-66H,7-10,19-34H2,1-6H3,(H,61,67)(H,62,68)/t35-,36-,37-,38+,41-,42-,45+,46-,47-,48-,49+,50+,51+,52+,53+,54-,57-,58-,59+,60+/m0/s1. The van der Waals surface area contributed by atoms with Gasteiger partial charge in [-0.15, -0.1) is 0 Å². The van der Waals surface area contributed by atoms with Gasteiger partial charge in [-0.2, -0.15) is 0 Å². The van der Waals surface area contributed by atoms with E-state index in [9.17, 15) is 38.4 Å². The Balaban J connectivity index is 0.683. The van der Waals surface area contributed by atoms with E-state index in [0.29, 0.717) is 83.4 Å². The normalized spacial score (nSPS) is 43.6. The van der Waals surface area contributed by atoms with Crippen LogP contribution in [0.15, 0.2) is 58.3 Å². The number of rotatable bonds is 12. The van der Waals surface area contributed by atoms with E-state index in [2.05, 4.69) is 52.2 Å². The Morgan fingerprint density at radius 3 is 1.30 bits per heavy atom. The van der Waals surface area contributed by atoms with Crippen molar-refractivity contribution in [3.63, 3.8) is 0 Å². The second kappa shape index (κ2) is 19.4. The number of aliphatic hydroxyl groups excluding tert-OH is 4. The van der Waals surface area contributed by atoms with E-state index in [1.165, 1.54) is 49.9 Å². The molecule has 0 radical (unpaired) electrons. The molecule has 392 valence electrons. The summed E-state index contributed by atoms with van der Waals surface area (Å²) >= 11 is 0. The van der Waals surface area contributed by atoms with Crippen molar-refractivity contribution in [2.45, 2.75) is 204 Å². The van der Waals surface area contributed by atoms with Gasteiger partial charge in [0.1, 0.15) is 0 Å². The Kier molecular flexibility index (Phi) is 14.1. The second-order valence-corrected chi connectivity index (χ2v) is 28.4. The molecule has 71 heavy (non-hydrogen) atoms. The Morgan fingerprint density at radius 1 is 0.535 bits per heavy atom. The minimum absolute atomic E-state index is 0.106. The number of anilines is 2. The van der Waals surface area contributed by atoms with E-state index < -0.39 is 9.84 Å². The molecule has 0 unspecified atom stereocenters. The van der Waals surface area contributed by atoms with Gasteiger partial charge in [0.15, 0.2) is 0 Å². The fourth-order valence-electron chi connectivity index (χ4n) is 19.5. The van der Waals surface area contributed by atoms with Gasteiger partial charge in [0.05, 0.1) is 34.2 Å². The number of nitrogens with one attached hydrogen (secondary N) is 2. The number of aliphatic hydroxyl groups is 4. The summed E-state index contributed by atoms with van der Waals surface area (Å²) in [6.07, 6.45) is 17.7. The average molecular weight is 997 g/mol. The highest BCUT2D eigenvalue weighted by molar-refractivity contribution is 7.91. The zero-order valence-electron chi connectivity index (χ0n) is 43.8. The molecule has 0 heterocycles. The molecule has 8 fully saturated rings. The monoisotopic (exact) mass is 997 g/mol. The van der Waals surface area contributed by atoms with Crippen LogP contribution in [0.1, 0.15) is 170 Å². The maximum Gasteiger partial charge on any atom is 0.224 e. The van der Waals surface area contributed by atoms with Crippen molar-refractivity contribution in [2.24, 2.45) is 92.7 Å². The van der Waals surface area contributed by atoms with Crippen LogP contribution in [0.5, 0.6) is 0 Å². The van der Waals surface area contributed by atoms with Gasteiger partial charge in [-0.05, 0) is 257 Å². The maximum atomic E-state index is 13.7. The number of benzene rings is 2. The Labute approximate surface area is 425 Å². The summed E-state index contributed by atoms with van der Waals surface area (Å²) in [4.78, 5) is 26.9. The van der Waals surface area contributed by atoms with E-state index >= 15 is 0 Å². The second-order valence-electron chi connectivity index (χ2n) is 26.5. The third kappa shape index (κ3) is 8.89. The summed E-state index contributed by atoms with van der Waals surface area (Å²) < 4.78 is 27.4. The summed E-state index contributed by atoms with van der Waals surface area (Å²) in [5.74, 6) is 5.39. The highest BCUT2D eigenvalue weighted by Gasteiger charge is 2.65. The zero-order chi connectivity index (χ0) is 50.4. The number of carbonyl (C=O) groups excluding carboxylic acids is 2. The van der Waals surface area contributed by atoms with E-state index in [-0.39, 0.29) is 79.5 Å². The van der Waals surface area contributed by atoms with Crippen molar-refractivity contribution in [1.29, 1.82) is 0 Å². The van der Waals surface area contributed by atoms with Gasteiger partial charge in [-0.3, -0.25) is 9.59 Å². The van der Waals surface area contributed by atoms with Crippen LogP contribution in [-0.4, -0.2) is 65.1 Å². The molecule has 0 aromatic heterocycles. The molecule has 0 bridgehead atoms. The lowest BCUT2D eigenvalue weighted by atomic mass is 9.43. The molecule has 6 N–H and O–H groups in total. The number of hydrogen-bond acceptors (Lipinski definition) is 8. The van der Waals surface area contributed by atoms with E-state index in [1.54, 1.807) is 24.3 Å². The number of amides is 2. The first kappa shape index (κ1) is 51.6. The van der Waals surface area contributed by atoms with Crippen LogP contribution in [0.4, 0.5) is 11.4 Å². The summed E-state index contributed by atoms with van der Waals surface area (Å²) in [6, 6.07) is 12.6. The van der Waals surface area contributed by atoms with Gasteiger partial charge >= 0.3 is 0 Å². The number of fused-ring (bicyclic) bond motifs is 10. The molecule has 10 nitrogen and oxygen atoms in total. The van der Waals surface area contributed by atoms with Gasteiger partial charge in [-0.25, -0.2) is 8.42 Å². The lowest BCUT2D eigenvalue weighted by molar-refractivity contribution is -0.175. The van der Waals surface area contributed by atoms with Gasteiger partial charge < -0.3 is 31.1 Å². The highest BCUT2D eigenvalue weighted by atomic mass is 32.2. The van der Waals surface area contributed by atoms with E-state index in [1.807, 2.05) is 0 Å². The van der Waals surface area contributed by atoms with Crippen molar-refractivity contribution >= 4 is 33.0 Å². The fraction of sp³-hybridized carbons (Fsp3) is 0.767. The fourth-order valence-corrected chi connectivity index (χ4v) is 20.7. The topological polar surface area (TPSA) is 173 Å². The smallest absolute Gasteiger partial charge is 0.224 e. The predicted molar refractivity (Wildman–Crippen MR) is 278 cm³/mol. The molecule has 20 atom stereocenters. The van der Waals surface area contributed by atoms with Crippen molar-refractivity contribution in [1.82, 2.24) is 0 Å². The van der Waals surface area contributed by atoms with Crippen molar-refractivity contribution in [2.75, 3.05) is 10.6 Å². The predicted octanol–water partition coefficient (Wildman–Crippen LogP) is 11.2. The molecule has 2 aromatic carbocycles. The molecule has 8 saturated carbocycles. The molecule has 2 aromatic rings. The number of hydrogen-bond donors (Lipinski definition) is 6. The van der Waals surface area contributed by atoms with Gasteiger partial charge in [-0.1, -0.05) is 41.5 Å². The largest absolute Gasteiger partial charge is 0.393 e. The lowest BCUT2D eigenvalue weighted by Crippen LogP contribution is -2.58. The molecular weight excluding hydrogens is 909 g/mol. The number of sulfone groups is 1. The summed E-state index contributed by atoms with van der Waals surface area (Å²) in [7, 11) is -3.86. The van der Waals surface area contributed by atoms with E-state index in [4.69, 9.17) is 0 Å². The van der Waals surface area contributed by atoms with Crippen LogP contribution in [0.2, 0.25) is 0 Å². The Bertz CT molecular complexity index is 2220. The van der Waals surface area contributed by atoms with Crippen LogP contribution in [-0.2, 0) is 19.4 Å². The van der Waals surface area contributed by atoms with Crippen LogP contribution in [0.25, 0.3) is 0 Å². The van der Waals surface area contributed by atoms with Gasteiger partial charge in [0, 0.05) is 24.2 Å². The molecule has 11 heteroatoms. The SMILES string of the molecule is C[C@@H](CCC(=O)Nc1ccc(S(=O)(=O)c2ccc(NC(=O)CC[C@H](C)[C@@H]3CC[C@@H]4[C@@H]5CC[C@@H]6C[C@@H](O)CC[C@]6(C)[C@@H]5C[C@H](O)[C@@]43C)cc2)cc1)[C@@H]1CC[C@@H]2[C@H]3CC[C@H]4C[C@@H](O)CC[C@]4(C)[C@@H]3C[C@@H](O)[C@@]21C. The van der Waals surface area contributed by atoms with Crippen LogP contribution < -0.4 is 10.6 Å². The minimum Gasteiger partial charge on any atom is -0.393 e. The zero-order valence-corrected chi connectivity index (χ0v) is 44.6.